The summed E-state index contributed by atoms with van der Waals surface area (Å²) < 4.78 is 13.7. The molecule has 0 aliphatic carbocycles. The second-order valence-electron chi connectivity index (χ2n) is 6.43. The predicted octanol–water partition coefficient (Wildman–Crippen LogP) is 2.24. The van der Waals surface area contributed by atoms with Gasteiger partial charge in [-0.25, -0.2) is 4.39 Å². The van der Waals surface area contributed by atoms with E-state index < -0.39 is 0 Å². The van der Waals surface area contributed by atoms with Crippen molar-refractivity contribution in [2.45, 2.75) is 31.8 Å². The monoisotopic (exact) mass is 279 g/mol. The van der Waals surface area contributed by atoms with Gasteiger partial charge in [-0.3, -0.25) is 4.90 Å². The third-order valence-corrected chi connectivity index (χ3v) is 4.46. The van der Waals surface area contributed by atoms with E-state index in [1.54, 1.807) is 12.1 Å². The van der Waals surface area contributed by atoms with E-state index in [1.165, 1.54) is 6.07 Å². The molecule has 4 heteroatoms. The molecule has 1 fully saturated rings. The Kier molecular flexibility index (Phi) is 4.78. The van der Waals surface area contributed by atoms with Crippen LogP contribution in [-0.2, 0) is 0 Å². The van der Waals surface area contributed by atoms with Crippen LogP contribution in [0.1, 0.15) is 31.9 Å². The number of halogens is 1. The van der Waals surface area contributed by atoms with Crippen LogP contribution in [0, 0.1) is 5.82 Å². The SMILES string of the molecule is CN1CCN(CCC(N)c2ccccc2F)CC1(C)C. The maximum Gasteiger partial charge on any atom is 0.127 e. The smallest absolute Gasteiger partial charge is 0.127 e. The second-order valence-corrected chi connectivity index (χ2v) is 6.43. The summed E-state index contributed by atoms with van der Waals surface area (Å²) in [4.78, 5) is 4.82. The Bertz CT molecular complexity index is 447. The van der Waals surface area contributed by atoms with Crippen molar-refractivity contribution in [2.75, 3.05) is 33.2 Å². The number of nitrogens with two attached hydrogens (primary N) is 1. The first kappa shape index (κ1) is 15.4. The molecular weight excluding hydrogens is 253 g/mol. The van der Waals surface area contributed by atoms with E-state index in [-0.39, 0.29) is 17.4 Å². The molecule has 112 valence electrons. The van der Waals surface area contributed by atoms with Gasteiger partial charge in [0.05, 0.1) is 0 Å². The fourth-order valence-electron chi connectivity index (χ4n) is 2.78. The number of piperazine rings is 1. The number of likely N-dealkylation sites (N-methyl/N-ethyl adjacent to an activating group) is 1. The molecule has 0 aromatic heterocycles. The number of hydrogen-bond acceptors (Lipinski definition) is 3. The first-order chi connectivity index (χ1) is 9.40. The van der Waals surface area contributed by atoms with E-state index in [9.17, 15) is 4.39 Å². The third kappa shape index (κ3) is 3.57. The Morgan fingerprint density at radius 1 is 1.30 bits per heavy atom. The Balaban J connectivity index is 1.88. The summed E-state index contributed by atoms with van der Waals surface area (Å²) in [5.41, 5.74) is 6.95. The minimum atomic E-state index is -0.223. The topological polar surface area (TPSA) is 32.5 Å². The van der Waals surface area contributed by atoms with E-state index in [4.69, 9.17) is 5.73 Å². The van der Waals surface area contributed by atoms with Crippen LogP contribution in [0.5, 0.6) is 0 Å². The average molecular weight is 279 g/mol. The minimum Gasteiger partial charge on any atom is -0.324 e. The van der Waals surface area contributed by atoms with E-state index >= 15 is 0 Å². The molecule has 2 rings (SSSR count). The first-order valence-electron chi connectivity index (χ1n) is 7.34. The fraction of sp³-hybridized carbons (Fsp3) is 0.625. The highest BCUT2D eigenvalue weighted by molar-refractivity contribution is 5.20. The van der Waals surface area contributed by atoms with Gasteiger partial charge >= 0.3 is 0 Å². The van der Waals surface area contributed by atoms with Gasteiger partial charge in [0.1, 0.15) is 5.82 Å². The highest BCUT2D eigenvalue weighted by atomic mass is 19.1. The normalized spacial score (nSPS) is 21.9. The van der Waals surface area contributed by atoms with Crippen LogP contribution >= 0.6 is 0 Å². The predicted molar refractivity (Wildman–Crippen MR) is 81.1 cm³/mol. The van der Waals surface area contributed by atoms with E-state index in [0.29, 0.717) is 5.56 Å². The second kappa shape index (κ2) is 6.20. The number of nitrogens with zero attached hydrogens (tertiary/aromatic N) is 2. The first-order valence-corrected chi connectivity index (χ1v) is 7.34. The summed E-state index contributed by atoms with van der Waals surface area (Å²) in [6.07, 6.45) is 0.792. The molecule has 1 aliphatic heterocycles. The molecule has 1 aromatic carbocycles. The van der Waals surface area contributed by atoms with Crippen LogP contribution in [0.4, 0.5) is 4.39 Å². The van der Waals surface area contributed by atoms with Gasteiger partial charge < -0.3 is 10.6 Å². The third-order valence-electron chi connectivity index (χ3n) is 4.46. The van der Waals surface area contributed by atoms with Crippen LogP contribution in [0.25, 0.3) is 0 Å². The molecule has 1 unspecified atom stereocenters. The lowest BCUT2D eigenvalue weighted by atomic mass is 9.98. The van der Waals surface area contributed by atoms with Crippen molar-refractivity contribution in [2.24, 2.45) is 5.73 Å². The summed E-state index contributed by atoms with van der Waals surface area (Å²) >= 11 is 0. The van der Waals surface area contributed by atoms with Gasteiger partial charge in [0.15, 0.2) is 0 Å². The van der Waals surface area contributed by atoms with Crippen molar-refractivity contribution in [3.63, 3.8) is 0 Å². The van der Waals surface area contributed by atoms with Crippen molar-refractivity contribution in [3.05, 3.63) is 35.6 Å². The maximum atomic E-state index is 13.7. The molecule has 1 aromatic rings. The van der Waals surface area contributed by atoms with Crippen LogP contribution in [0.2, 0.25) is 0 Å². The minimum absolute atomic E-state index is 0.195. The van der Waals surface area contributed by atoms with Crippen molar-refractivity contribution in [3.8, 4) is 0 Å². The van der Waals surface area contributed by atoms with Crippen molar-refractivity contribution < 1.29 is 4.39 Å². The van der Waals surface area contributed by atoms with Gasteiger partial charge in [-0.05, 0) is 33.4 Å². The van der Waals surface area contributed by atoms with Gasteiger partial charge in [-0.1, -0.05) is 18.2 Å². The van der Waals surface area contributed by atoms with Crippen LogP contribution < -0.4 is 5.73 Å². The van der Waals surface area contributed by atoms with Crippen molar-refractivity contribution >= 4 is 0 Å². The molecule has 20 heavy (non-hydrogen) atoms. The average Bonchev–Trinajstić information content (AvgIpc) is 2.40. The lowest BCUT2D eigenvalue weighted by molar-refractivity contribution is 0.0386. The van der Waals surface area contributed by atoms with Crippen LogP contribution in [0.3, 0.4) is 0 Å². The van der Waals surface area contributed by atoms with Gasteiger partial charge in [0, 0.05) is 43.3 Å². The van der Waals surface area contributed by atoms with E-state index in [2.05, 4.69) is 30.7 Å². The summed E-state index contributed by atoms with van der Waals surface area (Å²) in [6, 6.07) is 6.59. The van der Waals surface area contributed by atoms with Crippen LogP contribution in [0.15, 0.2) is 24.3 Å². The molecule has 1 heterocycles. The Morgan fingerprint density at radius 2 is 2.00 bits per heavy atom. The number of hydrogen-bond donors (Lipinski definition) is 1. The van der Waals surface area contributed by atoms with Crippen molar-refractivity contribution in [1.82, 2.24) is 9.80 Å². The van der Waals surface area contributed by atoms with Gasteiger partial charge in [-0.2, -0.15) is 0 Å². The van der Waals surface area contributed by atoms with E-state index in [1.807, 2.05) is 6.07 Å². The molecule has 0 saturated carbocycles. The van der Waals surface area contributed by atoms with Crippen molar-refractivity contribution in [1.29, 1.82) is 0 Å². The number of benzene rings is 1. The quantitative estimate of drug-likeness (QED) is 0.917. The summed E-state index contributed by atoms with van der Waals surface area (Å²) in [5.74, 6) is -0.196. The maximum absolute atomic E-state index is 13.7. The Labute approximate surface area is 121 Å². The van der Waals surface area contributed by atoms with Gasteiger partial charge in [0.25, 0.3) is 0 Å². The van der Waals surface area contributed by atoms with Gasteiger partial charge in [-0.15, -0.1) is 0 Å². The molecular formula is C16H26FN3. The highest BCUT2D eigenvalue weighted by Crippen LogP contribution is 2.21. The Morgan fingerprint density at radius 3 is 2.65 bits per heavy atom. The lowest BCUT2D eigenvalue weighted by Gasteiger charge is -2.45. The fourth-order valence-corrected chi connectivity index (χ4v) is 2.78. The molecule has 0 bridgehead atoms. The molecule has 1 atom stereocenters. The zero-order valence-corrected chi connectivity index (χ0v) is 12.8. The largest absolute Gasteiger partial charge is 0.324 e. The highest BCUT2D eigenvalue weighted by Gasteiger charge is 2.30. The lowest BCUT2D eigenvalue weighted by Crippen LogP contribution is -2.57. The Hall–Kier alpha value is -0.970. The molecule has 1 aliphatic rings. The summed E-state index contributed by atoms with van der Waals surface area (Å²) in [5, 5.41) is 0. The molecule has 0 spiro atoms. The zero-order valence-electron chi connectivity index (χ0n) is 12.8. The zero-order chi connectivity index (χ0) is 14.8. The summed E-state index contributed by atoms with van der Waals surface area (Å²) in [7, 11) is 2.17. The number of rotatable bonds is 4. The molecule has 0 amide bonds. The molecule has 0 radical (unpaired) electrons. The summed E-state index contributed by atoms with van der Waals surface area (Å²) in [6.45, 7) is 8.61. The van der Waals surface area contributed by atoms with Gasteiger partial charge in [0.2, 0.25) is 0 Å². The molecule has 2 N–H and O–H groups in total. The molecule has 3 nitrogen and oxygen atoms in total. The van der Waals surface area contributed by atoms with Crippen LogP contribution in [-0.4, -0.2) is 48.6 Å². The van der Waals surface area contributed by atoms with E-state index in [0.717, 1.165) is 32.6 Å². The standard InChI is InChI=1S/C16H26FN3/c1-16(2)12-20(11-10-19(16)3)9-8-15(18)13-6-4-5-7-14(13)17/h4-7,15H,8-12,18H2,1-3H3. The molecule has 1 saturated heterocycles.